The van der Waals surface area contributed by atoms with Gasteiger partial charge >= 0.3 is 11.9 Å². The van der Waals surface area contributed by atoms with Crippen LogP contribution in [0, 0.1) is 0 Å². The second-order valence-corrected chi connectivity index (χ2v) is 6.48. The summed E-state index contributed by atoms with van der Waals surface area (Å²) >= 11 is 0. The van der Waals surface area contributed by atoms with Gasteiger partial charge in [0.25, 0.3) is 0 Å². The van der Waals surface area contributed by atoms with E-state index in [0.717, 1.165) is 5.56 Å². The predicted molar refractivity (Wildman–Crippen MR) is 105 cm³/mol. The summed E-state index contributed by atoms with van der Waals surface area (Å²) < 4.78 is 15.9. The monoisotopic (exact) mass is 397 g/mol. The third-order valence-corrected chi connectivity index (χ3v) is 4.41. The van der Waals surface area contributed by atoms with Crippen LogP contribution in [0.1, 0.15) is 25.3 Å². The predicted octanol–water partition coefficient (Wildman–Crippen LogP) is 2.87. The van der Waals surface area contributed by atoms with Gasteiger partial charge < -0.3 is 19.1 Å². The van der Waals surface area contributed by atoms with E-state index in [2.05, 4.69) is 0 Å². The maximum absolute atomic E-state index is 12.8. The first kappa shape index (κ1) is 20.4. The standard InChI is InChI=1S/C22H23NO6/c1-2-27-22(26)19-14-23(17-10-6-7-11-18(17)29-19)20(24)12-13-21(25)28-15-16-8-4-3-5-9-16/h3-11,19H,2,12-15H2,1H3. The number of para-hydroxylation sites is 2. The molecule has 0 aliphatic carbocycles. The molecule has 1 heterocycles. The quantitative estimate of drug-likeness (QED) is 0.668. The van der Waals surface area contributed by atoms with Crippen molar-refractivity contribution in [2.75, 3.05) is 18.1 Å². The smallest absolute Gasteiger partial charge is 0.349 e. The number of rotatable bonds is 7. The van der Waals surface area contributed by atoms with Crippen molar-refractivity contribution in [1.29, 1.82) is 0 Å². The molecule has 0 bridgehead atoms. The summed E-state index contributed by atoms with van der Waals surface area (Å²) in [5, 5.41) is 0. The number of nitrogens with zero attached hydrogens (tertiary/aromatic N) is 1. The van der Waals surface area contributed by atoms with E-state index in [4.69, 9.17) is 14.2 Å². The molecule has 0 saturated heterocycles. The topological polar surface area (TPSA) is 82.1 Å². The third-order valence-electron chi connectivity index (χ3n) is 4.41. The first-order chi connectivity index (χ1) is 14.1. The van der Waals surface area contributed by atoms with Gasteiger partial charge in [0.05, 0.1) is 25.3 Å². The lowest BCUT2D eigenvalue weighted by Gasteiger charge is -2.33. The Morgan fingerprint density at radius 2 is 1.72 bits per heavy atom. The van der Waals surface area contributed by atoms with Gasteiger partial charge in [-0.15, -0.1) is 0 Å². The lowest BCUT2D eigenvalue weighted by atomic mass is 10.1. The van der Waals surface area contributed by atoms with Crippen molar-refractivity contribution < 1.29 is 28.6 Å². The Hall–Kier alpha value is -3.35. The molecule has 1 atom stereocenters. The highest BCUT2D eigenvalue weighted by molar-refractivity contribution is 5.98. The Balaban J connectivity index is 1.59. The van der Waals surface area contributed by atoms with Crippen LogP contribution in [0.5, 0.6) is 5.75 Å². The summed E-state index contributed by atoms with van der Waals surface area (Å²) in [6, 6.07) is 16.3. The van der Waals surface area contributed by atoms with E-state index in [0.29, 0.717) is 11.4 Å². The molecule has 2 aromatic carbocycles. The van der Waals surface area contributed by atoms with E-state index in [1.165, 1.54) is 4.90 Å². The van der Waals surface area contributed by atoms with Gasteiger partial charge in [0, 0.05) is 6.42 Å². The first-order valence-corrected chi connectivity index (χ1v) is 9.50. The fraction of sp³-hybridized carbons (Fsp3) is 0.318. The molecule has 1 unspecified atom stereocenters. The molecule has 1 aliphatic rings. The number of hydrogen-bond acceptors (Lipinski definition) is 6. The zero-order valence-electron chi connectivity index (χ0n) is 16.2. The number of ether oxygens (including phenoxy) is 3. The number of amides is 1. The van der Waals surface area contributed by atoms with Crippen LogP contribution in [-0.2, 0) is 30.5 Å². The first-order valence-electron chi connectivity index (χ1n) is 9.50. The Kier molecular flexibility index (Phi) is 6.84. The normalized spacial score (nSPS) is 15.1. The minimum Gasteiger partial charge on any atom is -0.475 e. The lowest BCUT2D eigenvalue weighted by molar-refractivity contribution is -0.151. The molecular weight excluding hydrogens is 374 g/mol. The SMILES string of the molecule is CCOC(=O)C1CN(C(=O)CCC(=O)OCc2ccccc2)c2ccccc2O1. The molecule has 3 rings (SSSR count). The molecule has 0 fully saturated rings. The largest absolute Gasteiger partial charge is 0.475 e. The lowest BCUT2D eigenvalue weighted by Crippen LogP contribution is -2.47. The molecule has 152 valence electrons. The molecule has 7 nitrogen and oxygen atoms in total. The number of carbonyl (C=O) groups excluding carboxylic acids is 3. The van der Waals surface area contributed by atoms with Gasteiger partial charge in [-0.3, -0.25) is 9.59 Å². The molecule has 0 saturated carbocycles. The minimum absolute atomic E-state index is 0.0303. The highest BCUT2D eigenvalue weighted by Gasteiger charge is 2.34. The van der Waals surface area contributed by atoms with E-state index in [-0.39, 0.29) is 38.5 Å². The van der Waals surface area contributed by atoms with Gasteiger partial charge in [0.2, 0.25) is 12.0 Å². The third kappa shape index (κ3) is 5.34. The number of fused-ring (bicyclic) bond motifs is 1. The van der Waals surface area contributed by atoms with Gasteiger partial charge in [-0.25, -0.2) is 4.79 Å². The number of benzene rings is 2. The number of anilines is 1. The summed E-state index contributed by atoms with van der Waals surface area (Å²) in [6.45, 7) is 2.13. The summed E-state index contributed by atoms with van der Waals surface area (Å²) in [7, 11) is 0. The highest BCUT2D eigenvalue weighted by atomic mass is 16.6. The van der Waals surface area contributed by atoms with Gasteiger partial charge in [0.1, 0.15) is 12.4 Å². The van der Waals surface area contributed by atoms with Crippen molar-refractivity contribution in [3.8, 4) is 5.75 Å². The van der Waals surface area contributed by atoms with Crippen molar-refractivity contribution in [1.82, 2.24) is 0 Å². The van der Waals surface area contributed by atoms with Crippen LogP contribution in [0.15, 0.2) is 54.6 Å². The van der Waals surface area contributed by atoms with Gasteiger partial charge in [-0.2, -0.15) is 0 Å². The number of esters is 2. The number of hydrogen-bond donors (Lipinski definition) is 0. The van der Waals surface area contributed by atoms with Gasteiger partial charge in [0.15, 0.2) is 0 Å². The zero-order chi connectivity index (χ0) is 20.6. The maximum atomic E-state index is 12.8. The van der Waals surface area contributed by atoms with Crippen LogP contribution in [-0.4, -0.2) is 37.1 Å². The molecule has 0 radical (unpaired) electrons. The van der Waals surface area contributed by atoms with E-state index in [1.54, 1.807) is 31.2 Å². The molecule has 2 aromatic rings. The zero-order valence-corrected chi connectivity index (χ0v) is 16.2. The minimum atomic E-state index is -0.904. The van der Waals surface area contributed by atoms with Crippen molar-refractivity contribution in [2.45, 2.75) is 32.5 Å². The Bertz CT molecular complexity index is 867. The van der Waals surface area contributed by atoms with E-state index < -0.39 is 18.0 Å². The summed E-state index contributed by atoms with van der Waals surface area (Å²) in [5.74, 6) is -0.837. The molecule has 0 spiro atoms. The second-order valence-electron chi connectivity index (χ2n) is 6.48. The summed E-state index contributed by atoms with van der Waals surface area (Å²) in [4.78, 5) is 38.4. The van der Waals surface area contributed by atoms with Crippen molar-refractivity contribution in [2.24, 2.45) is 0 Å². The van der Waals surface area contributed by atoms with E-state index in [1.807, 2.05) is 30.3 Å². The summed E-state index contributed by atoms with van der Waals surface area (Å²) in [5.41, 5.74) is 1.45. The van der Waals surface area contributed by atoms with Crippen LogP contribution >= 0.6 is 0 Å². The fourth-order valence-electron chi connectivity index (χ4n) is 2.98. The van der Waals surface area contributed by atoms with Crippen LogP contribution in [0.3, 0.4) is 0 Å². The van der Waals surface area contributed by atoms with Crippen molar-refractivity contribution in [3.05, 3.63) is 60.2 Å². The molecule has 1 amide bonds. The Labute approximate surface area is 169 Å². The molecule has 7 heteroatoms. The molecule has 29 heavy (non-hydrogen) atoms. The highest BCUT2D eigenvalue weighted by Crippen LogP contribution is 2.33. The van der Waals surface area contributed by atoms with Crippen molar-refractivity contribution >= 4 is 23.5 Å². The summed E-state index contributed by atoms with van der Waals surface area (Å²) in [6.07, 6.45) is -0.980. The average molecular weight is 397 g/mol. The van der Waals surface area contributed by atoms with Crippen LogP contribution < -0.4 is 9.64 Å². The maximum Gasteiger partial charge on any atom is 0.349 e. The van der Waals surface area contributed by atoms with E-state index >= 15 is 0 Å². The molecule has 0 N–H and O–H groups in total. The average Bonchev–Trinajstić information content (AvgIpc) is 2.76. The fourth-order valence-corrected chi connectivity index (χ4v) is 2.98. The van der Waals surface area contributed by atoms with Crippen LogP contribution in [0.4, 0.5) is 5.69 Å². The van der Waals surface area contributed by atoms with Crippen LogP contribution in [0.25, 0.3) is 0 Å². The second kappa shape index (κ2) is 9.73. The van der Waals surface area contributed by atoms with Gasteiger partial charge in [-0.1, -0.05) is 42.5 Å². The van der Waals surface area contributed by atoms with E-state index in [9.17, 15) is 14.4 Å². The van der Waals surface area contributed by atoms with Gasteiger partial charge in [-0.05, 0) is 24.6 Å². The molecule has 1 aliphatic heterocycles. The Morgan fingerprint density at radius 1 is 1.00 bits per heavy atom. The molecule has 0 aromatic heterocycles. The Morgan fingerprint density at radius 3 is 2.48 bits per heavy atom. The molecular formula is C22H23NO6. The number of carbonyl (C=O) groups is 3. The van der Waals surface area contributed by atoms with Crippen LogP contribution in [0.2, 0.25) is 0 Å². The van der Waals surface area contributed by atoms with Crippen molar-refractivity contribution in [3.63, 3.8) is 0 Å².